The fourth-order valence-corrected chi connectivity index (χ4v) is 5.08. The fraction of sp³-hybridized carbons (Fsp3) is 0.500. The normalized spacial score (nSPS) is 13.1. The average Bonchev–Trinajstić information content (AvgIpc) is 2.87. The summed E-state index contributed by atoms with van der Waals surface area (Å²) in [6.45, 7) is 6.41. The van der Waals surface area contributed by atoms with Gasteiger partial charge < -0.3 is 4.42 Å². The first-order valence-electron chi connectivity index (χ1n) is 13.7. The van der Waals surface area contributed by atoms with E-state index in [0.717, 1.165) is 62.5 Å². The molecule has 0 spiro atoms. The molecule has 0 aliphatic heterocycles. The van der Waals surface area contributed by atoms with Crippen LogP contribution in [0.1, 0.15) is 99.5 Å². The van der Waals surface area contributed by atoms with Crippen molar-refractivity contribution in [3.05, 3.63) is 81.5 Å². The molecule has 0 saturated heterocycles. The van der Waals surface area contributed by atoms with Crippen LogP contribution in [0.4, 0.5) is 4.39 Å². The van der Waals surface area contributed by atoms with Crippen LogP contribution in [0.2, 0.25) is 0 Å². The largest absolute Gasteiger partial charge is 0.464 e. The van der Waals surface area contributed by atoms with Crippen LogP contribution in [0.25, 0.3) is 11.0 Å². The van der Waals surface area contributed by atoms with Gasteiger partial charge in [-0.3, -0.25) is 9.59 Å². The van der Waals surface area contributed by atoms with Gasteiger partial charge in [0.15, 0.2) is 11.2 Å². The Balaban J connectivity index is 1.33. The van der Waals surface area contributed by atoms with E-state index in [1.807, 2.05) is 25.1 Å². The van der Waals surface area contributed by atoms with Crippen molar-refractivity contribution in [3.8, 4) is 0 Å². The summed E-state index contributed by atoms with van der Waals surface area (Å²) in [6.07, 6.45) is 13.0. The van der Waals surface area contributed by atoms with Crippen LogP contribution in [0.5, 0.6) is 0 Å². The van der Waals surface area contributed by atoms with E-state index < -0.39 is 0 Å². The number of aryl methyl sites for hydroxylation is 2. The Labute approximate surface area is 215 Å². The van der Waals surface area contributed by atoms with E-state index in [0.29, 0.717) is 22.5 Å². The lowest BCUT2D eigenvalue weighted by Gasteiger charge is -2.17. The van der Waals surface area contributed by atoms with E-state index in [2.05, 4.69) is 13.8 Å². The van der Waals surface area contributed by atoms with Gasteiger partial charge in [-0.05, 0) is 74.9 Å². The van der Waals surface area contributed by atoms with Crippen molar-refractivity contribution in [1.29, 1.82) is 0 Å². The van der Waals surface area contributed by atoms with Crippen molar-refractivity contribution in [2.45, 2.75) is 91.4 Å². The second-order valence-electron chi connectivity index (χ2n) is 10.4. The number of rotatable bonds is 15. The van der Waals surface area contributed by atoms with Crippen LogP contribution in [0.15, 0.2) is 57.9 Å². The summed E-state index contributed by atoms with van der Waals surface area (Å²) in [7, 11) is 0. The Kier molecular flexibility index (Phi) is 10.9. The number of ketones is 1. The minimum Gasteiger partial charge on any atom is -0.464 e. The summed E-state index contributed by atoms with van der Waals surface area (Å²) < 4.78 is 18.9. The molecule has 0 bridgehead atoms. The van der Waals surface area contributed by atoms with Crippen molar-refractivity contribution >= 4 is 16.8 Å². The van der Waals surface area contributed by atoms with Crippen LogP contribution >= 0.6 is 0 Å². The van der Waals surface area contributed by atoms with Gasteiger partial charge in [-0.25, -0.2) is 4.39 Å². The zero-order valence-corrected chi connectivity index (χ0v) is 22.2. The molecule has 0 amide bonds. The summed E-state index contributed by atoms with van der Waals surface area (Å²) in [4.78, 5) is 25.6. The lowest BCUT2D eigenvalue weighted by atomic mass is 9.87. The molecule has 0 aliphatic carbocycles. The summed E-state index contributed by atoms with van der Waals surface area (Å²) in [5, 5.41) is 0.682. The molecule has 3 aromatic rings. The number of fused-ring (bicyclic) bond motifs is 1. The lowest BCUT2D eigenvalue weighted by Crippen LogP contribution is -2.15. The van der Waals surface area contributed by atoms with Crippen LogP contribution in [0.3, 0.4) is 0 Å². The molecule has 2 atom stereocenters. The highest BCUT2D eigenvalue weighted by Gasteiger charge is 2.19. The summed E-state index contributed by atoms with van der Waals surface area (Å²) in [5.41, 5.74) is 3.23. The molecular formula is C32H41FO3. The Hall–Kier alpha value is -2.75. The molecule has 3 rings (SSSR count). The monoisotopic (exact) mass is 492 g/mol. The molecule has 0 N–H and O–H groups in total. The smallest absolute Gasteiger partial charge is 0.195 e. The maximum Gasteiger partial charge on any atom is 0.195 e. The number of carbonyl (C=O) groups excluding carboxylic acids is 1. The first-order chi connectivity index (χ1) is 17.4. The van der Waals surface area contributed by atoms with Gasteiger partial charge in [0, 0.05) is 17.0 Å². The standard InChI is InChI=1S/C32H41FO3/c1-4-10-25(31(34)26-16-18-28(33)19-17-26)14-9-12-23(2)11-7-5-6-8-13-27-22-36-30-20-15-24(3)21-29(30)32(27)35/h15-23,25H,4-14H2,1-3H3. The molecule has 2 aromatic carbocycles. The summed E-state index contributed by atoms with van der Waals surface area (Å²) in [6, 6.07) is 11.7. The van der Waals surface area contributed by atoms with Gasteiger partial charge in [-0.15, -0.1) is 0 Å². The molecule has 2 unspecified atom stereocenters. The lowest BCUT2D eigenvalue weighted by molar-refractivity contribution is 0.0902. The maximum absolute atomic E-state index is 13.2. The number of benzene rings is 2. The molecule has 1 heterocycles. The topological polar surface area (TPSA) is 47.3 Å². The van der Waals surface area contributed by atoms with E-state index >= 15 is 0 Å². The van der Waals surface area contributed by atoms with Gasteiger partial charge in [0.05, 0.1) is 11.6 Å². The van der Waals surface area contributed by atoms with Crippen LogP contribution in [-0.2, 0) is 6.42 Å². The van der Waals surface area contributed by atoms with Gasteiger partial charge in [-0.1, -0.05) is 70.4 Å². The number of unbranched alkanes of at least 4 members (excludes halogenated alkanes) is 3. The molecular weight excluding hydrogens is 451 g/mol. The van der Waals surface area contributed by atoms with Crippen molar-refractivity contribution < 1.29 is 13.6 Å². The minimum atomic E-state index is -0.304. The van der Waals surface area contributed by atoms with Gasteiger partial charge in [0.2, 0.25) is 0 Å². The molecule has 0 radical (unpaired) electrons. The first-order valence-corrected chi connectivity index (χ1v) is 13.7. The van der Waals surface area contributed by atoms with Gasteiger partial charge in [-0.2, -0.15) is 0 Å². The maximum atomic E-state index is 13.2. The SMILES string of the molecule is CCCC(CCCC(C)CCCCCCc1coc2ccc(C)cc2c1=O)C(=O)c1ccc(F)cc1. The van der Waals surface area contributed by atoms with Crippen molar-refractivity contribution in [1.82, 2.24) is 0 Å². The van der Waals surface area contributed by atoms with E-state index in [-0.39, 0.29) is 22.9 Å². The molecule has 194 valence electrons. The van der Waals surface area contributed by atoms with Gasteiger partial charge >= 0.3 is 0 Å². The highest BCUT2D eigenvalue weighted by molar-refractivity contribution is 5.97. The Morgan fingerprint density at radius 1 is 0.917 bits per heavy atom. The van der Waals surface area contributed by atoms with E-state index in [4.69, 9.17) is 4.42 Å². The third-order valence-corrected chi connectivity index (χ3v) is 7.28. The molecule has 3 nitrogen and oxygen atoms in total. The number of hydrogen-bond donors (Lipinski definition) is 0. The first kappa shape index (κ1) is 27.8. The summed E-state index contributed by atoms with van der Waals surface area (Å²) >= 11 is 0. The third kappa shape index (κ3) is 8.15. The second-order valence-corrected chi connectivity index (χ2v) is 10.4. The Bertz CT molecular complexity index is 1160. The summed E-state index contributed by atoms with van der Waals surface area (Å²) in [5.74, 6) is 0.523. The molecule has 4 heteroatoms. The number of Topliss-reactive ketones (excluding diaryl/α,β-unsaturated/α-hetero) is 1. The van der Waals surface area contributed by atoms with Gasteiger partial charge in [0.1, 0.15) is 11.4 Å². The van der Waals surface area contributed by atoms with E-state index in [1.54, 1.807) is 18.4 Å². The average molecular weight is 493 g/mol. The minimum absolute atomic E-state index is 0.0318. The van der Waals surface area contributed by atoms with Gasteiger partial charge in [0.25, 0.3) is 0 Å². The Morgan fingerprint density at radius 3 is 2.39 bits per heavy atom. The van der Waals surface area contributed by atoms with E-state index in [9.17, 15) is 14.0 Å². The molecule has 0 fully saturated rings. The third-order valence-electron chi connectivity index (χ3n) is 7.28. The number of hydrogen-bond acceptors (Lipinski definition) is 3. The zero-order valence-electron chi connectivity index (χ0n) is 22.2. The van der Waals surface area contributed by atoms with Crippen LogP contribution < -0.4 is 5.43 Å². The predicted octanol–water partition coefficient (Wildman–Crippen LogP) is 8.84. The Morgan fingerprint density at radius 2 is 1.64 bits per heavy atom. The predicted molar refractivity (Wildman–Crippen MR) is 146 cm³/mol. The fourth-order valence-electron chi connectivity index (χ4n) is 5.08. The molecule has 0 saturated carbocycles. The van der Waals surface area contributed by atoms with Crippen molar-refractivity contribution in [2.24, 2.45) is 11.8 Å². The van der Waals surface area contributed by atoms with Crippen LogP contribution in [0, 0.1) is 24.6 Å². The quantitative estimate of drug-likeness (QED) is 0.157. The second kappa shape index (κ2) is 14.1. The molecule has 1 aromatic heterocycles. The highest BCUT2D eigenvalue weighted by atomic mass is 19.1. The van der Waals surface area contributed by atoms with E-state index in [1.165, 1.54) is 31.4 Å². The van der Waals surface area contributed by atoms with Crippen LogP contribution in [-0.4, -0.2) is 5.78 Å². The number of halogens is 1. The van der Waals surface area contributed by atoms with Crippen molar-refractivity contribution in [3.63, 3.8) is 0 Å². The number of carbonyl (C=O) groups is 1. The molecule has 36 heavy (non-hydrogen) atoms. The zero-order chi connectivity index (χ0) is 25.9. The highest BCUT2D eigenvalue weighted by Crippen LogP contribution is 2.24. The molecule has 0 aliphatic rings. The van der Waals surface area contributed by atoms with Crippen molar-refractivity contribution in [2.75, 3.05) is 0 Å².